The first kappa shape index (κ1) is 12.3. The number of hydrogen-bond donors (Lipinski definition) is 0. The van der Waals surface area contributed by atoms with Crippen LogP contribution in [0, 0.1) is 24.2 Å². The monoisotopic (exact) mass is 241 g/mol. The quantitative estimate of drug-likeness (QED) is 0.825. The van der Waals surface area contributed by atoms with Gasteiger partial charge in [0, 0.05) is 12.8 Å². The molecule has 0 N–H and O–H groups in total. The Kier molecular flexibility index (Phi) is 3.73. The van der Waals surface area contributed by atoms with Gasteiger partial charge >= 0.3 is 0 Å². The Morgan fingerprint density at radius 1 is 1.39 bits per heavy atom. The van der Waals surface area contributed by atoms with Crippen molar-refractivity contribution >= 4 is 0 Å². The highest BCUT2D eigenvalue weighted by Crippen LogP contribution is 2.12. The Bertz CT molecular complexity index is 568. The SMILES string of the molecule is Cc1ccccc1Cc1noc(CC(C)C#N)n1. The van der Waals surface area contributed by atoms with Gasteiger partial charge < -0.3 is 4.52 Å². The molecule has 0 aliphatic carbocycles. The normalized spacial score (nSPS) is 12.1. The van der Waals surface area contributed by atoms with Crippen LogP contribution in [0.25, 0.3) is 0 Å². The van der Waals surface area contributed by atoms with Gasteiger partial charge in [-0.05, 0) is 25.0 Å². The van der Waals surface area contributed by atoms with E-state index in [0.29, 0.717) is 24.6 Å². The number of aromatic nitrogens is 2. The number of benzene rings is 1. The van der Waals surface area contributed by atoms with Crippen molar-refractivity contribution in [3.8, 4) is 6.07 Å². The molecule has 2 rings (SSSR count). The lowest BCUT2D eigenvalue weighted by Gasteiger charge is -2.00. The molecule has 0 saturated carbocycles. The van der Waals surface area contributed by atoms with Gasteiger partial charge in [-0.25, -0.2) is 0 Å². The molecule has 1 heterocycles. The predicted octanol–water partition coefficient (Wildman–Crippen LogP) is 2.67. The minimum absolute atomic E-state index is 0.100. The molecule has 0 bridgehead atoms. The second-order valence-electron chi connectivity index (χ2n) is 4.44. The average molecular weight is 241 g/mol. The zero-order chi connectivity index (χ0) is 13.0. The van der Waals surface area contributed by atoms with Crippen molar-refractivity contribution in [3.63, 3.8) is 0 Å². The van der Waals surface area contributed by atoms with Crippen molar-refractivity contribution in [2.75, 3.05) is 0 Å². The smallest absolute Gasteiger partial charge is 0.227 e. The van der Waals surface area contributed by atoms with Crippen LogP contribution in [-0.4, -0.2) is 10.1 Å². The molecule has 0 aliphatic rings. The molecule has 2 aromatic rings. The van der Waals surface area contributed by atoms with Gasteiger partial charge in [-0.15, -0.1) is 0 Å². The van der Waals surface area contributed by atoms with Gasteiger partial charge in [0.25, 0.3) is 0 Å². The van der Waals surface area contributed by atoms with Gasteiger partial charge in [-0.2, -0.15) is 10.2 Å². The van der Waals surface area contributed by atoms with Crippen LogP contribution in [0.3, 0.4) is 0 Å². The van der Waals surface area contributed by atoms with Crippen LogP contribution in [0.15, 0.2) is 28.8 Å². The fraction of sp³-hybridized carbons (Fsp3) is 0.357. The number of aryl methyl sites for hydroxylation is 1. The second-order valence-corrected chi connectivity index (χ2v) is 4.44. The minimum atomic E-state index is -0.100. The fourth-order valence-corrected chi connectivity index (χ4v) is 1.73. The van der Waals surface area contributed by atoms with Crippen molar-refractivity contribution in [1.82, 2.24) is 10.1 Å². The van der Waals surface area contributed by atoms with Crippen LogP contribution in [0.2, 0.25) is 0 Å². The summed E-state index contributed by atoms with van der Waals surface area (Å²) in [5.74, 6) is 1.11. The maximum Gasteiger partial charge on any atom is 0.227 e. The number of nitriles is 1. The van der Waals surface area contributed by atoms with Gasteiger partial charge in [0.15, 0.2) is 5.82 Å². The number of hydrogen-bond acceptors (Lipinski definition) is 4. The standard InChI is InChI=1S/C14H15N3O/c1-10(9-15)7-14-16-13(17-18-14)8-12-6-4-3-5-11(12)2/h3-6,10H,7-8H2,1-2H3. The van der Waals surface area contributed by atoms with Crippen molar-refractivity contribution in [1.29, 1.82) is 5.26 Å². The highest BCUT2D eigenvalue weighted by molar-refractivity contribution is 5.27. The van der Waals surface area contributed by atoms with E-state index in [0.717, 1.165) is 0 Å². The van der Waals surface area contributed by atoms with Crippen LogP contribution in [0.1, 0.15) is 29.8 Å². The molecule has 1 atom stereocenters. The molecule has 18 heavy (non-hydrogen) atoms. The van der Waals surface area contributed by atoms with E-state index in [4.69, 9.17) is 9.78 Å². The van der Waals surface area contributed by atoms with Crippen molar-refractivity contribution in [3.05, 3.63) is 47.1 Å². The van der Waals surface area contributed by atoms with E-state index in [1.807, 2.05) is 19.1 Å². The summed E-state index contributed by atoms with van der Waals surface area (Å²) < 4.78 is 5.14. The molecule has 0 saturated heterocycles. The molecule has 92 valence electrons. The Hall–Kier alpha value is -2.15. The summed E-state index contributed by atoms with van der Waals surface area (Å²) >= 11 is 0. The summed E-state index contributed by atoms with van der Waals surface area (Å²) in [7, 11) is 0. The van der Waals surface area contributed by atoms with E-state index >= 15 is 0 Å². The lowest BCUT2D eigenvalue weighted by atomic mass is 10.1. The predicted molar refractivity (Wildman–Crippen MR) is 66.8 cm³/mol. The third-order valence-corrected chi connectivity index (χ3v) is 2.82. The first-order valence-corrected chi connectivity index (χ1v) is 5.94. The highest BCUT2D eigenvalue weighted by atomic mass is 16.5. The molecular formula is C14H15N3O. The Labute approximate surface area is 106 Å². The van der Waals surface area contributed by atoms with Crippen LogP contribution in [-0.2, 0) is 12.8 Å². The Morgan fingerprint density at radius 3 is 2.89 bits per heavy atom. The maximum absolute atomic E-state index is 8.73. The lowest BCUT2D eigenvalue weighted by Crippen LogP contribution is -1.97. The van der Waals surface area contributed by atoms with Crippen molar-refractivity contribution in [2.24, 2.45) is 5.92 Å². The van der Waals surface area contributed by atoms with E-state index in [-0.39, 0.29) is 5.92 Å². The second kappa shape index (κ2) is 5.46. The van der Waals surface area contributed by atoms with E-state index < -0.39 is 0 Å². The van der Waals surface area contributed by atoms with Crippen LogP contribution < -0.4 is 0 Å². The third-order valence-electron chi connectivity index (χ3n) is 2.82. The van der Waals surface area contributed by atoms with Gasteiger partial charge in [0.2, 0.25) is 5.89 Å². The van der Waals surface area contributed by atoms with Crippen molar-refractivity contribution < 1.29 is 4.52 Å². The first-order chi connectivity index (χ1) is 8.69. The molecule has 0 aliphatic heterocycles. The Balaban J connectivity index is 2.08. The summed E-state index contributed by atoms with van der Waals surface area (Å²) in [6.45, 7) is 3.90. The molecule has 1 aromatic heterocycles. The summed E-state index contributed by atoms with van der Waals surface area (Å²) in [6.07, 6.45) is 1.17. The van der Waals surface area contributed by atoms with E-state index in [1.54, 1.807) is 0 Å². The van der Waals surface area contributed by atoms with Crippen molar-refractivity contribution in [2.45, 2.75) is 26.7 Å². The molecule has 0 amide bonds. The van der Waals surface area contributed by atoms with Gasteiger partial charge in [-0.3, -0.25) is 0 Å². The summed E-state index contributed by atoms with van der Waals surface area (Å²) in [5, 5.41) is 12.7. The minimum Gasteiger partial charge on any atom is -0.339 e. The topological polar surface area (TPSA) is 62.7 Å². The molecular weight excluding hydrogens is 226 g/mol. The fourth-order valence-electron chi connectivity index (χ4n) is 1.73. The molecule has 0 radical (unpaired) electrons. The van der Waals surface area contributed by atoms with E-state index in [2.05, 4.69) is 35.3 Å². The summed E-state index contributed by atoms with van der Waals surface area (Å²) in [5.41, 5.74) is 2.41. The van der Waals surface area contributed by atoms with Gasteiger partial charge in [-0.1, -0.05) is 29.4 Å². The van der Waals surface area contributed by atoms with Crippen LogP contribution in [0.5, 0.6) is 0 Å². The van der Waals surface area contributed by atoms with E-state index in [9.17, 15) is 0 Å². The lowest BCUT2D eigenvalue weighted by molar-refractivity contribution is 0.365. The zero-order valence-electron chi connectivity index (χ0n) is 10.6. The molecule has 0 spiro atoms. The number of nitrogens with zero attached hydrogens (tertiary/aromatic N) is 3. The molecule has 1 unspecified atom stereocenters. The van der Waals surface area contributed by atoms with Gasteiger partial charge in [0.1, 0.15) is 0 Å². The summed E-state index contributed by atoms with van der Waals surface area (Å²) in [6, 6.07) is 10.3. The average Bonchev–Trinajstić information content (AvgIpc) is 2.79. The Morgan fingerprint density at radius 2 is 2.17 bits per heavy atom. The first-order valence-electron chi connectivity index (χ1n) is 5.94. The van der Waals surface area contributed by atoms with Crippen LogP contribution >= 0.6 is 0 Å². The van der Waals surface area contributed by atoms with Gasteiger partial charge in [0.05, 0.1) is 12.0 Å². The maximum atomic E-state index is 8.73. The van der Waals surface area contributed by atoms with Crippen LogP contribution in [0.4, 0.5) is 0 Å². The number of rotatable bonds is 4. The van der Waals surface area contributed by atoms with E-state index in [1.165, 1.54) is 11.1 Å². The zero-order valence-corrected chi connectivity index (χ0v) is 10.6. The molecule has 0 fully saturated rings. The molecule has 4 nitrogen and oxygen atoms in total. The largest absolute Gasteiger partial charge is 0.339 e. The third kappa shape index (κ3) is 2.95. The highest BCUT2D eigenvalue weighted by Gasteiger charge is 2.11. The molecule has 1 aromatic carbocycles. The summed E-state index contributed by atoms with van der Waals surface area (Å²) in [4.78, 5) is 4.31. The molecule has 4 heteroatoms.